The number of halogens is 2. The van der Waals surface area contributed by atoms with Gasteiger partial charge >= 0.3 is 29.6 Å². The molecule has 0 saturated heterocycles. The van der Waals surface area contributed by atoms with Crippen molar-refractivity contribution in [3.05, 3.63) is 0 Å². The van der Waals surface area contributed by atoms with Crippen molar-refractivity contribution in [1.29, 1.82) is 5.26 Å². The molecule has 1 heterocycles. The third kappa shape index (κ3) is 3.92. The number of aliphatic imine (C=N–C) groups is 2. The van der Waals surface area contributed by atoms with E-state index < -0.39 is 11.1 Å². The summed E-state index contributed by atoms with van der Waals surface area (Å²) >= 11 is 11.1. The van der Waals surface area contributed by atoms with Gasteiger partial charge in [0, 0.05) is 12.8 Å². The average molecular weight is 271 g/mol. The Kier molecular flexibility index (Phi) is 6.30. The summed E-state index contributed by atoms with van der Waals surface area (Å²) in [5.74, 6) is -1.48. The Balaban J connectivity index is 0.00000225. The second-order valence-corrected chi connectivity index (χ2v) is 3.50. The van der Waals surface area contributed by atoms with Crippen molar-refractivity contribution in [2.45, 2.75) is 18.0 Å². The van der Waals surface area contributed by atoms with Gasteiger partial charge in [0.25, 0.3) is 5.12 Å². The Morgan fingerprint density at radius 2 is 2.25 bits per heavy atom. The molecule has 1 rings (SSSR count). The molecule has 80 valence electrons. The van der Waals surface area contributed by atoms with Crippen LogP contribution in [0, 0.1) is 11.3 Å². The number of nitrogens with zero attached hydrogens (tertiary/aromatic N) is 3. The van der Waals surface area contributed by atoms with Crippen LogP contribution in [-0.4, -0.2) is 22.2 Å². The van der Waals surface area contributed by atoms with Gasteiger partial charge < -0.3 is 15.2 Å². The molecule has 0 aromatic carbocycles. The van der Waals surface area contributed by atoms with Gasteiger partial charge in [-0.25, -0.2) is 9.98 Å². The maximum Gasteiger partial charge on any atom is 1.00 e. The largest absolute Gasteiger partial charge is 1.00 e. The minimum Gasteiger partial charge on any atom is -0.544 e. The van der Waals surface area contributed by atoms with Crippen LogP contribution < -0.4 is 40.0 Å². The van der Waals surface area contributed by atoms with Gasteiger partial charge in [-0.3, -0.25) is 0 Å². The first kappa shape index (κ1) is 15.7. The van der Waals surface area contributed by atoms with Gasteiger partial charge in [-0.2, -0.15) is 5.26 Å². The van der Waals surface area contributed by atoms with Gasteiger partial charge in [0.05, 0.1) is 6.07 Å². The molecule has 0 saturated carbocycles. The number of rotatable bonds is 3. The minimum absolute atomic E-state index is 0. The van der Waals surface area contributed by atoms with Crippen molar-refractivity contribution in [1.82, 2.24) is 5.32 Å². The van der Waals surface area contributed by atoms with Crippen LogP contribution in [0.5, 0.6) is 0 Å². The van der Waals surface area contributed by atoms with Crippen molar-refractivity contribution >= 4 is 40.3 Å². The third-order valence-electron chi connectivity index (χ3n) is 1.51. The summed E-state index contributed by atoms with van der Waals surface area (Å²) in [5, 5.41) is 19.1. The molecule has 1 unspecified atom stereocenters. The van der Waals surface area contributed by atoms with E-state index in [2.05, 4.69) is 15.3 Å². The first-order valence-corrected chi connectivity index (χ1v) is 4.62. The van der Waals surface area contributed by atoms with E-state index in [1.807, 2.05) is 6.07 Å². The number of hydrogen-bond donors (Lipinski definition) is 1. The third-order valence-corrected chi connectivity index (χ3v) is 2.01. The van der Waals surface area contributed by atoms with Gasteiger partial charge in [0.15, 0.2) is 5.29 Å². The summed E-state index contributed by atoms with van der Waals surface area (Å²) in [7, 11) is 0. The second-order valence-electron chi connectivity index (χ2n) is 2.62. The number of hydrogen-bond acceptors (Lipinski definition) is 6. The molecular formula is C7H5Cl2N4NaO2. The van der Waals surface area contributed by atoms with Crippen molar-refractivity contribution < 1.29 is 39.5 Å². The molecule has 0 aromatic heterocycles. The maximum absolute atomic E-state index is 10.6. The monoisotopic (exact) mass is 270 g/mol. The fourth-order valence-corrected chi connectivity index (χ4v) is 1.35. The first-order chi connectivity index (χ1) is 6.98. The molecule has 6 nitrogen and oxygen atoms in total. The predicted octanol–water partition coefficient (Wildman–Crippen LogP) is -3.47. The van der Waals surface area contributed by atoms with Crippen molar-refractivity contribution in [3.8, 4) is 6.07 Å². The normalized spacial score (nSPS) is 23.1. The molecule has 1 aliphatic rings. The van der Waals surface area contributed by atoms with Crippen LogP contribution >= 0.6 is 23.2 Å². The number of carboxylic acids is 1. The zero-order valence-corrected chi connectivity index (χ0v) is 11.8. The smallest absolute Gasteiger partial charge is 0.544 e. The molecule has 0 spiro atoms. The van der Waals surface area contributed by atoms with Gasteiger partial charge in [-0.05, 0) is 11.6 Å². The SMILES string of the molecule is N#CCCC1=NC(Cl)(C(=O)[O-])N=C(Cl)N1.[Na+]. The second kappa shape index (κ2) is 6.42. The molecule has 1 aliphatic heterocycles. The van der Waals surface area contributed by atoms with Crippen LogP contribution in [0.3, 0.4) is 0 Å². The topological polar surface area (TPSA) is 101 Å². The Labute approximate surface area is 124 Å². The summed E-state index contributed by atoms with van der Waals surface area (Å²) in [6, 6.07) is 1.88. The Morgan fingerprint density at radius 3 is 2.75 bits per heavy atom. The number of nitriles is 1. The van der Waals surface area contributed by atoms with Crippen molar-refractivity contribution in [2.75, 3.05) is 0 Å². The fourth-order valence-electron chi connectivity index (χ4n) is 0.893. The Bertz CT molecular complexity index is 392. The van der Waals surface area contributed by atoms with E-state index in [0.29, 0.717) is 0 Å². The molecule has 16 heavy (non-hydrogen) atoms. The van der Waals surface area contributed by atoms with E-state index >= 15 is 0 Å². The van der Waals surface area contributed by atoms with E-state index in [4.69, 9.17) is 28.5 Å². The van der Waals surface area contributed by atoms with Crippen molar-refractivity contribution in [3.63, 3.8) is 0 Å². The number of amidine groups is 2. The molecule has 0 radical (unpaired) electrons. The van der Waals surface area contributed by atoms with Crippen LogP contribution in [-0.2, 0) is 4.79 Å². The summed E-state index contributed by atoms with van der Waals surface area (Å²) in [5.41, 5.74) is 0. The van der Waals surface area contributed by atoms with E-state index in [9.17, 15) is 9.90 Å². The molecular weight excluding hydrogens is 266 g/mol. The zero-order valence-electron chi connectivity index (χ0n) is 8.33. The predicted molar refractivity (Wildman–Crippen MR) is 52.3 cm³/mol. The van der Waals surface area contributed by atoms with E-state index in [0.717, 1.165) is 0 Å². The average Bonchev–Trinajstić information content (AvgIpc) is 2.13. The van der Waals surface area contributed by atoms with Crippen LogP contribution in [0.2, 0.25) is 0 Å². The molecule has 1 atom stereocenters. The van der Waals surface area contributed by atoms with Crippen LogP contribution in [0.4, 0.5) is 0 Å². The summed E-state index contributed by atoms with van der Waals surface area (Å²) in [6.45, 7) is 0. The molecule has 0 aromatic rings. The molecule has 0 bridgehead atoms. The van der Waals surface area contributed by atoms with Crippen LogP contribution in [0.25, 0.3) is 0 Å². The number of carbonyl (C=O) groups is 1. The van der Waals surface area contributed by atoms with Gasteiger partial charge in [-0.15, -0.1) is 0 Å². The molecule has 1 N–H and O–H groups in total. The number of nitrogens with one attached hydrogen (secondary N) is 1. The maximum atomic E-state index is 10.6. The zero-order chi connectivity index (χ0) is 11.5. The number of carbonyl (C=O) groups excluding carboxylic acids is 1. The molecule has 0 aliphatic carbocycles. The number of aliphatic carboxylic acids is 1. The van der Waals surface area contributed by atoms with Gasteiger partial charge in [-0.1, -0.05) is 11.6 Å². The summed E-state index contributed by atoms with van der Waals surface area (Å²) in [4.78, 5) is 17.6. The van der Waals surface area contributed by atoms with Gasteiger partial charge in [0.2, 0.25) is 0 Å². The molecule has 9 heteroatoms. The summed E-state index contributed by atoms with van der Waals surface area (Å²) < 4.78 is 0. The van der Waals surface area contributed by atoms with Gasteiger partial charge in [0.1, 0.15) is 11.8 Å². The van der Waals surface area contributed by atoms with Crippen molar-refractivity contribution in [2.24, 2.45) is 9.98 Å². The number of alkyl halides is 1. The quantitative estimate of drug-likeness (QED) is 0.327. The Hall–Kier alpha value is -0.320. The summed E-state index contributed by atoms with van der Waals surface area (Å²) in [6.07, 6.45) is 0.375. The standard InChI is InChI=1S/C7H6Cl2N4O2.Na/c8-6-11-4(2-1-3-10)12-7(9,13-6)5(14)15;/h1-2H2,(H,14,15)(H,11,12,13);/q;+1/p-1. The minimum atomic E-state index is -2.23. The first-order valence-electron chi connectivity index (χ1n) is 3.86. The molecule has 0 amide bonds. The van der Waals surface area contributed by atoms with E-state index in [-0.39, 0.29) is 53.5 Å². The van der Waals surface area contributed by atoms with E-state index in [1.54, 1.807) is 0 Å². The Morgan fingerprint density at radius 1 is 1.62 bits per heavy atom. The molecule has 0 fully saturated rings. The number of carboxylic acid groups (broad SMARTS) is 1. The van der Waals surface area contributed by atoms with Crippen LogP contribution in [0.1, 0.15) is 12.8 Å². The van der Waals surface area contributed by atoms with E-state index in [1.165, 1.54) is 0 Å². The van der Waals surface area contributed by atoms with Crippen LogP contribution in [0.15, 0.2) is 9.98 Å². The fraction of sp³-hybridized carbons (Fsp3) is 0.429.